The quantitative estimate of drug-likeness (QED) is 0.514. The molecular weight excluding hydrogens is 262 g/mol. The van der Waals surface area contributed by atoms with Crippen LogP contribution in [0.5, 0.6) is 5.75 Å². The Kier molecular flexibility index (Phi) is 7.14. The minimum absolute atomic E-state index is 0.375. The Morgan fingerprint density at radius 2 is 1.90 bits per heavy atom. The first-order chi connectivity index (χ1) is 10.4. The van der Waals surface area contributed by atoms with E-state index in [4.69, 9.17) is 15.2 Å². The van der Waals surface area contributed by atoms with Gasteiger partial charge < -0.3 is 15.2 Å². The average molecular weight is 287 g/mol. The van der Waals surface area contributed by atoms with Crippen LogP contribution in [0.1, 0.15) is 44.1 Å². The molecule has 0 heterocycles. The Balaban J connectivity index is 1.70. The van der Waals surface area contributed by atoms with Gasteiger partial charge in [-0.3, -0.25) is 0 Å². The molecule has 0 unspecified atom stereocenters. The van der Waals surface area contributed by atoms with E-state index in [-0.39, 0.29) is 0 Å². The van der Waals surface area contributed by atoms with E-state index in [2.05, 4.69) is 11.8 Å². The molecule has 0 bridgehead atoms. The van der Waals surface area contributed by atoms with Crippen molar-refractivity contribution in [3.63, 3.8) is 0 Å². The molecule has 3 nitrogen and oxygen atoms in total. The molecule has 0 amide bonds. The van der Waals surface area contributed by atoms with Gasteiger partial charge in [0.15, 0.2) is 0 Å². The highest BCUT2D eigenvalue weighted by Crippen LogP contribution is 2.19. The molecule has 3 heteroatoms. The van der Waals surface area contributed by atoms with Gasteiger partial charge in [-0.15, -0.1) is 0 Å². The van der Waals surface area contributed by atoms with Gasteiger partial charge in [0, 0.05) is 5.56 Å². The third-order valence-corrected chi connectivity index (χ3v) is 3.68. The Morgan fingerprint density at radius 3 is 2.67 bits per heavy atom. The van der Waals surface area contributed by atoms with Gasteiger partial charge in [0.2, 0.25) is 0 Å². The van der Waals surface area contributed by atoms with Crippen LogP contribution < -0.4 is 10.5 Å². The van der Waals surface area contributed by atoms with Crippen LogP contribution in [0, 0.1) is 11.8 Å². The number of rotatable bonds is 5. The highest BCUT2D eigenvalue weighted by Gasteiger charge is 2.12. The lowest BCUT2D eigenvalue weighted by Crippen LogP contribution is -2.16. The van der Waals surface area contributed by atoms with Crippen LogP contribution in [0.2, 0.25) is 0 Å². The zero-order valence-electron chi connectivity index (χ0n) is 12.6. The van der Waals surface area contributed by atoms with Crippen molar-refractivity contribution in [3.05, 3.63) is 29.8 Å². The lowest BCUT2D eigenvalue weighted by molar-refractivity contribution is 0.0254. The van der Waals surface area contributed by atoms with Crippen LogP contribution >= 0.6 is 0 Å². The Hall–Kier alpha value is -1.50. The van der Waals surface area contributed by atoms with Gasteiger partial charge in [0.05, 0.1) is 19.3 Å². The molecule has 1 fully saturated rings. The summed E-state index contributed by atoms with van der Waals surface area (Å²) in [4.78, 5) is 0. The minimum atomic E-state index is 0.375. The van der Waals surface area contributed by atoms with Crippen molar-refractivity contribution in [3.8, 4) is 17.6 Å². The van der Waals surface area contributed by atoms with Crippen molar-refractivity contribution in [2.75, 3.05) is 19.8 Å². The first-order valence-electron chi connectivity index (χ1n) is 7.92. The number of hydrogen-bond acceptors (Lipinski definition) is 3. The van der Waals surface area contributed by atoms with Crippen molar-refractivity contribution in [2.45, 2.75) is 44.6 Å². The Bertz CT molecular complexity index is 468. The molecule has 21 heavy (non-hydrogen) atoms. The monoisotopic (exact) mass is 287 g/mol. The topological polar surface area (TPSA) is 44.5 Å². The third-order valence-electron chi connectivity index (χ3n) is 3.68. The summed E-state index contributed by atoms with van der Waals surface area (Å²) in [5.41, 5.74) is 6.31. The zero-order valence-corrected chi connectivity index (χ0v) is 12.6. The van der Waals surface area contributed by atoms with Crippen LogP contribution in [0.3, 0.4) is 0 Å². The van der Waals surface area contributed by atoms with E-state index in [0.717, 1.165) is 11.3 Å². The van der Waals surface area contributed by atoms with Crippen molar-refractivity contribution in [2.24, 2.45) is 5.73 Å². The lowest BCUT2D eigenvalue weighted by Gasteiger charge is -2.15. The normalized spacial score (nSPS) is 15.9. The smallest absolute Gasteiger partial charge is 0.120 e. The first-order valence-corrected chi connectivity index (χ1v) is 7.92. The van der Waals surface area contributed by atoms with Gasteiger partial charge in [0.25, 0.3) is 0 Å². The Labute approximate surface area is 127 Å². The van der Waals surface area contributed by atoms with E-state index in [9.17, 15) is 0 Å². The first kappa shape index (κ1) is 15.9. The molecule has 0 aliphatic heterocycles. The highest BCUT2D eigenvalue weighted by atomic mass is 16.5. The van der Waals surface area contributed by atoms with Gasteiger partial charge in [-0.2, -0.15) is 0 Å². The molecule has 1 aliphatic carbocycles. The molecular formula is C18H25NO2. The number of benzene rings is 1. The summed E-state index contributed by atoms with van der Waals surface area (Å²) in [5, 5.41) is 0. The second-order valence-corrected chi connectivity index (χ2v) is 5.37. The number of hydrogen-bond donors (Lipinski definition) is 1. The van der Waals surface area contributed by atoms with Crippen molar-refractivity contribution >= 4 is 0 Å². The standard InChI is InChI=1S/C18H25NO2/c19-12-6-8-16-7-5-11-18(15-16)21-14-13-20-17-9-3-1-2-4-10-17/h5,7,11,15,17H,1-4,9-10,12-14,19H2. The Morgan fingerprint density at radius 1 is 1.10 bits per heavy atom. The van der Waals surface area contributed by atoms with Crippen molar-refractivity contribution in [1.29, 1.82) is 0 Å². The van der Waals surface area contributed by atoms with Crippen LogP contribution in [0.25, 0.3) is 0 Å². The van der Waals surface area contributed by atoms with E-state index < -0.39 is 0 Å². The second-order valence-electron chi connectivity index (χ2n) is 5.37. The summed E-state index contributed by atoms with van der Waals surface area (Å²) in [6.45, 7) is 1.62. The van der Waals surface area contributed by atoms with Gasteiger partial charge in [0.1, 0.15) is 12.4 Å². The number of nitrogens with two attached hydrogens (primary N) is 1. The van der Waals surface area contributed by atoms with Crippen LogP contribution in [-0.2, 0) is 4.74 Å². The molecule has 0 atom stereocenters. The summed E-state index contributed by atoms with van der Waals surface area (Å²) in [6, 6.07) is 7.78. The van der Waals surface area contributed by atoms with E-state index >= 15 is 0 Å². The maximum atomic E-state index is 5.91. The third kappa shape index (κ3) is 6.20. The van der Waals surface area contributed by atoms with Gasteiger partial charge in [-0.1, -0.05) is 43.6 Å². The molecule has 0 aromatic heterocycles. The average Bonchev–Trinajstić information content (AvgIpc) is 2.79. The molecule has 1 aliphatic rings. The lowest BCUT2D eigenvalue weighted by atomic mass is 10.1. The molecule has 0 radical (unpaired) electrons. The SMILES string of the molecule is NCC#Cc1cccc(OCCOC2CCCCCC2)c1. The van der Waals surface area contributed by atoms with Gasteiger partial charge >= 0.3 is 0 Å². The molecule has 114 valence electrons. The van der Waals surface area contributed by atoms with Crippen LogP contribution in [-0.4, -0.2) is 25.9 Å². The van der Waals surface area contributed by atoms with Crippen molar-refractivity contribution in [1.82, 2.24) is 0 Å². The maximum absolute atomic E-state index is 5.91. The van der Waals surface area contributed by atoms with Crippen molar-refractivity contribution < 1.29 is 9.47 Å². The molecule has 2 rings (SSSR count). The van der Waals surface area contributed by atoms with Gasteiger partial charge in [-0.25, -0.2) is 0 Å². The van der Waals surface area contributed by atoms with E-state index in [1.807, 2.05) is 24.3 Å². The molecule has 0 spiro atoms. The van der Waals surface area contributed by atoms with Crippen LogP contribution in [0.15, 0.2) is 24.3 Å². The van der Waals surface area contributed by atoms with E-state index in [1.54, 1.807) is 0 Å². The predicted octanol–water partition coefficient (Wildman–Crippen LogP) is 3.12. The molecule has 2 N–H and O–H groups in total. The predicted molar refractivity (Wildman–Crippen MR) is 85.3 cm³/mol. The van der Waals surface area contributed by atoms with E-state index in [1.165, 1.54) is 38.5 Å². The van der Waals surface area contributed by atoms with Gasteiger partial charge in [-0.05, 0) is 31.0 Å². The summed E-state index contributed by atoms with van der Waals surface area (Å²) in [6.07, 6.45) is 8.13. The summed E-state index contributed by atoms with van der Waals surface area (Å²) < 4.78 is 11.6. The summed E-state index contributed by atoms with van der Waals surface area (Å²) >= 11 is 0. The minimum Gasteiger partial charge on any atom is -0.491 e. The fraction of sp³-hybridized carbons (Fsp3) is 0.556. The van der Waals surface area contributed by atoms with Crippen LogP contribution in [0.4, 0.5) is 0 Å². The second kappa shape index (κ2) is 9.44. The molecule has 1 aromatic rings. The molecule has 0 saturated heterocycles. The highest BCUT2D eigenvalue weighted by molar-refractivity contribution is 5.39. The summed E-state index contributed by atoms with van der Waals surface area (Å²) in [5.74, 6) is 6.69. The maximum Gasteiger partial charge on any atom is 0.120 e. The molecule has 1 saturated carbocycles. The summed E-state index contributed by atoms with van der Waals surface area (Å²) in [7, 11) is 0. The zero-order chi connectivity index (χ0) is 14.8. The number of ether oxygens (including phenoxy) is 2. The molecule has 1 aromatic carbocycles. The fourth-order valence-electron chi connectivity index (χ4n) is 2.60. The fourth-order valence-corrected chi connectivity index (χ4v) is 2.60. The largest absolute Gasteiger partial charge is 0.491 e. The van der Waals surface area contributed by atoms with E-state index in [0.29, 0.717) is 25.9 Å².